The van der Waals surface area contributed by atoms with Crippen LogP contribution in [0.2, 0.25) is 5.02 Å². The highest BCUT2D eigenvalue weighted by atomic mass is 35.5. The lowest BCUT2D eigenvalue weighted by atomic mass is 10.3. The van der Waals surface area contributed by atoms with Crippen molar-refractivity contribution in [3.05, 3.63) is 53.3 Å². The van der Waals surface area contributed by atoms with E-state index in [0.29, 0.717) is 24.5 Å². The van der Waals surface area contributed by atoms with Crippen molar-refractivity contribution in [3.8, 4) is 0 Å². The minimum Gasteiger partial charge on any atom is -0.353 e. The van der Waals surface area contributed by atoms with Gasteiger partial charge in [-0.2, -0.15) is 4.31 Å². The van der Waals surface area contributed by atoms with Crippen LogP contribution in [0.1, 0.15) is 31.9 Å². The van der Waals surface area contributed by atoms with E-state index < -0.39 is 10.0 Å². The third-order valence-electron chi connectivity index (χ3n) is 4.93. The van der Waals surface area contributed by atoms with E-state index in [1.54, 1.807) is 12.1 Å². The van der Waals surface area contributed by atoms with Crippen LogP contribution in [0.4, 0.5) is 0 Å². The molecule has 3 rings (SSSR count). The van der Waals surface area contributed by atoms with Crippen molar-refractivity contribution in [2.75, 3.05) is 13.1 Å². The fourth-order valence-corrected chi connectivity index (χ4v) is 4.78. The zero-order chi connectivity index (χ0) is 20.3. The molecular formula is C20H26ClN3O3S. The van der Waals surface area contributed by atoms with Crippen LogP contribution < -0.4 is 0 Å². The molecule has 1 amide bonds. The second-order valence-electron chi connectivity index (χ2n) is 7.16. The quantitative estimate of drug-likeness (QED) is 0.621. The van der Waals surface area contributed by atoms with E-state index in [2.05, 4.69) is 0 Å². The molecule has 0 aliphatic heterocycles. The second kappa shape index (κ2) is 8.68. The number of amides is 1. The van der Waals surface area contributed by atoms with Gasteiger partial charge in [0, 0.05) is 36.5 Å². The van der Waals surface area contributed by atoms with Crippen molar-refractivity contribution in [1.29, 1.82) is 0 Å². The third kappa shape index (κ3) is 4.77. The van der Waals surface area contributed by atoms with E-state index in [4.69, 9.17) is 11.6 Å². The van der Waals surface area contributed by atoms with E-state index in [9.17, 15) is 13.2 Å². The molecule has 6 nitrogen and oxygen atoms in total. The fraction of sp³-hybridized carbons (Fsp3) is 0.450. The minimum atomic E-state index is -3.76. The van der Waals surface area contributed by atoms with Crippen molar-refractivity contribution in [1.82, 2.24) is 13.8 Å². The number of hydrogen-bond acceptors (Lipinski definition) is 3. The Labute approximate surface area is 171 Å². The molecule has 0 spiro atoms. The monoisotopic (exact) mass is 423 g/mol. The highest BCUT2D eigenvalue weighted by Gasteiger charge is 2.35. The van der Waals surface area contributed by atoms with Gasteiger partial charge in [-0.25, -0.2) is 8.42 Å². The first-order valence-electron chi connectivity index (χ1n) is 9.48. The number of nitrogens with zero attached hydrogens (tertiary/aromatic N) is 3. The summed E-state index contributed by atoms with van der Waals surface area (Å²) in [7, 11) is -1.82. The number of benzene rings is 1. The average molecular weight is 424 g/mol. The number of sulfonamides is 1. The van der Waals surface area contributed by atoms with Crippen molar-refractivity contribution in [2.24, 2.45) is 7.05 Å². The highest BCUT2D eigenvalue weighted by Crippen LogP contribution is 2.29. The maximum Gasteiger partial charge on any atom is 0.243 e. The Balaban J connectivity index is 1.79. The molecule has 1 fully saturated rings. The lowest BCUT2D eigenvalue weighted by Gasteiger charge is -2.27. The second-order valence-corrected chi connectivity index (χ2v) is 9.53. The number of carbonyl (C=O) groups is 1. The number of rotatable bonds is 9. The molecule has 0 bridgehead atoms. The molecule has 1 saturated carbocycles. The Morgan fingerprint density at radius 1 is 1.21 bits per heavy atom. The van der Waals surface area contributed by atoms with Crippen LogP contribution in [-0.4, -0.2) is 47.2 Å². The van der Waals surface area contributed by atoms with Crippen LogP contribution in [0.15, 0.2) is 47.5 Å². The van der Waals surface area contributed by atoms with Crippen LogP contribution in [0, 0.1) is 0 Å². The summed E-state index contributed by atoms with van der Waals surface area (Å²) in [4.78, 5) is 15.0. The van der Waals surface area contributed by atoms with Gasteiger partial charge in [0.05, 0.1) is 18.0 Å². The molecule has 1 heterocycles. The van der Waals surface area contributed by atoms with E-state index >= 15 is 0 Å². The van der Waals surface area contributed by atoms with Crippen molar-refractivity contribution in [3.63, 3.8) is 0 Å². The van der Waals surface area contributed by atoms with Gasteiger partial charge >= 0.3 is 0 Å². The first-order valence-corrected chi connectivity index (χ1v) is 11.3. The van der Waals surface area contributed by atoms with E-state index in [-0.39, 0.29) is 23.4 Å². The topological polar surface area (TPSA) is 62.6 Å². The normalized spacial score (nSPS) is 14.4. The summed E-state index contributed by atoms with van der Waals surface area (Å²) in [6, 6.07) is 10.2. The van der Waals surface area contributed by atoms with Crippen LogP contribution in [-0.2, 0) is 28.4 Å². The number of aromatic nitrogens is 1. The summed E-state index contributed by atoms with van der Waals surface area (Å²) in [5.74, 6) is -0.158. The van der Waals surface area contributed by atoms with E-state index in [1.165, 1.54) is 16.4 Å². The molecule has 0 atom stereocenters. The molecule has 0 saturated heterocycles. The average Bonchev–Trinajstić information content (AvgIpc) is 3.42. The zero-order valence-electron chi connectivity index (χ0n) is 16.2. The molecule has 0 radical (unpaired) electrons. The highest BCUT2D eigenvalue weighted by molar-refractivity contribution is 7.89. The van der Waals surface area contributed by atoms with E-state index in [0.717, 1.165) is 18.5 Å². The summed E-state index contributed by atoms with van der Waals surface area (Å²) in [6.07, 6.45) is 4.50. The van der Waals surface area contributed by atoms with Gasteiger partial charge in [-0.1, -0.05) is 18.5 Å². The van der Waals surface area contributed by atoms with Gasteiger partial charge in [0.15, 0.2) is 0 Å². The lowest BCUT2D eigenvalue weighted by Crippen LogP contribution is -2.44. The third-order valence-corrected chi connectivity index (χ3v) is 7.04. The standard InChI is InChI=1S/C20H26ClN3O3S/c1-3-12-23(28(26,27)19-10-6-16(21)7-11-19)15-20(25)24(17-8-9-17)14-18-5-4-13-22(18)2/h4-7,10-11,13,17H,3,8-9,12,14-15H2,1-2H3. The molecule has 2 aromatic rings. The molecule has 152 valence electrons. The number of hydrogen-bond donors (Lipinski definition) is 0. The van der Waals surface area contributed by atoms with Crippen LogP contribution in [0.3, 0.4) is 0 Å². The lowest BCUT2D eigenvalue weighted by molar-refractivity contribution is -0.132. The van der Waals surface area contributed by atoms with Crippen LogP contribution in [0.25, 0.3) is 0 Å². The molecule has 1 aromatic heterocycles. The van der Waals surface area contributed by atoms with Gasteiger partial charge in [0.1, 0.15) is 0 Å². The van der Waals surface area contributed by atoms with Crippen LogP contribution in [0.5, 0.6) is 0 Å². The molecule has 1 aromatic carbocycles. The van der Waals surface area contributed by atoms with E-state index in [1.807, 2.05) is 41.8 Å². The molecule has 0 N–H and O–H groups in total. The Morgan fingerprint density at radius 2 is 1.89 bits per heavy atom. The van der Waals surface area contributed by atoms with Gasteiger partial charge in [0.2, 0.25) is 15.9 Å². The Hall–Kier alpha value is -1.83. The summed E-state index contributed by atoms with van der Waals surface area (Å²) in [5, 5.41) is 0.472. The minimum absolute atomic E-state index is 0.151. The predicted octanol–water partition coefficient (Wildman–Crippen LogP) is 3.27. The van der Waals surface area contributed by atoms with Gasteiger partial charge < -0.3 is 9.47 Å². The molecule has 0 unspecified atom stereocenters. The molecule has 1 aliphatic carbocycles. The van der Waals surface area contributed by atoms with Gasteiger partial charge in [-0.05, 0) is 55.7 Å². The van der Waals surface area contributed by atoms with Crippen molar-refractivity contribution in [2.45, 2.75) is 43.7 Å². The van der Waals surface area contributed by atoms with Gasteiger partial charge in [-0.3, -0.25) is 4.79 Å². The maximum atomic E-state index is 13.1. The van der Waals surface area contributed by atoms with Gasteiger partial charge in [0.25, 0.3) is 0 Å². The molecule has 1 aliphatic rings. The van der Waals surface area contributed by atoms with Crippen molar-refractivity contribution < 1.29 is 13.2 Å². The number of carbonyl (C=O) groups excluding carboxylic acids is 1. The number of aryl methyl sites for hydroxylation is 1. The SMILES string of the molecule is CCCN(CC(=O)N(Cc1cccn1C)C1CC1)S(=O)(=O)c1ccc(Cl)cc1. The summed E-state index contributed by atoms with van der Waals surface area (Å²) >= 11 is 5.88. The maximum absolute atomic E-state index is 13.1. The fourth-order valence-electron chi connectivity index (χ4n) is 3.17. The first-order chi connectivity index (χ1) is 13.3. The van der Waals surface area contributed by atoms with Gasteiger partial charge in [-0.15, -0.1) is 0 Å². The Kier molecular flexibility index (Phi) is 6.47. The molecule has 8 heteroatoms. The Morgan fingerprint density at radius 3 is 2.43 bits per heavy atom. The Bertz CT molecular complexity index is 920. The predicted molar refractivity (Wildman–Crippen MR) is 109 cm³/mol. The van der Waals surface area contributed by atoms with Crippen molar-refractivity contribution >= 4 is 27.5 Å². The largest absolute Gasteiger partial charge is 0.353 e. The smallest absolute Gasteiger partial charge is 0.243 e. The molecule has 28 heavy (non-hydrogen) atoms. The summed E-state index contributed by atoms with van der Waals surface area (Å²) < 4.78 is 29.4. The summed E-state index contributed by atoms with van der Waals surface area (Å²) in [5.41, 5.74) is 1.03. The zero-order valence-corrected chi connectivity index (χ0v) is 17.8. The summed E-state index contributed by atoms with van der Waals surface area (Å²) in [6.45, 7) is 2.53. The van der Waals surface area contributed by atoms with Crippen LogP contribution >= 0.6 is 11.6 Å². The molecular weight excluding hydrogens is 398 g/mol. The number of halogens is 1. The first kappa shape index (κ1) is 20.9.